The monoisotopic (exact) mass is 202 g/mol. The van der Waals surface area contributed by atoms with Crippen molar-refractivity contribution in [1.29, 1.82) is 0 Å². The molecule has 0 fully saturated rings. The fraction of sp³-hybridized carbons (Fsp3) is 0.167. The van der Waals surface area contributed by atoms with Crippen molar-refractivity contribution in [1.82, 2.24) is 4.98 Å². The van der Waals surface area contributed by atoms with E-state index in [2.05, 4.69) is 15.0 Å². The van der Waals surface area contributed by atoms with Crippen LogP contribution in [-0.2, 0) is 6.54 Å². The minimum Gasteiger partial charge on any atom is -0.262 e. The Hall–Kier alpha value is -0.960. The molecule has 0 saturated carbocycles. The first-order valence-corrected chi connectivity index (χ1v) is 3.80. The van der Waals surface area contributed by atoms with Crippen molar-refractivity contribution in [2.45, 2.75) is 6.54 Å². The molecule has 0 N–H and O–H groups in total. The zero-order valence-electron chi connectivity index (χ0n) is 5.91. The molecule has 0 aliphatic rings. The van der Waals surface area contributed by atoms with Crippen LogP contribution in [0.15, 0.2) is 17.5 Å². The van der Waals surface area contributed by atoms with Gasteiger partial charge in [-0.3, -0.25) is 4.98 Å². The summed E-state index contributed by atoms with van der Waals surface area (Å²) in [4.78, 5) is 6.35. The molecule has 0 unspecified atom stereocenters. The first-order chi connectivity index (χ1) is 5.75. The van der Waals surface area contributed by atoms with Gasteiger partial charge < -0.3 is 0 Å². The second-order valence-electron chi connectivity index (χ2n) is 1.97. The van der Waals surface area contributed by atoms with Crippen molar-refractivity contribution in [2.24, 2.45) is 5.11 Å². The Bertz CT molecular complexity index is 312. The van der Waals surface area contributed by atoms with Crippen molar-refractivity contribution in [3.8, 4) is 0 Å². The molecule has 0 bridgehead atoms. The predicted molar refractivity (Wildman–Crippen MR) is 47.1 cm³/mol. The number of hydrogen-bond acceptors (Lipinski definition) is 2. The Labute approximate surface area is 78.8 Å². The van der Waals surface area contributed by atoms with Gasteiger partial charge >= 0.3 is 0 Å². The SMILES string of the molecule is [N-]=[N+]=NCc1c(Cl)cncc1Cl. The fourth-order valence-electron chi connectivity index (χ4n) is 0.691. The van der Waals surface area contributed by atoms with Gasteiger partial charge in [-0.1, -0.05) is 28.3 Å². The molecule has 6 heteroatoms. The Morgan fingerprint density at radius 3 is 2.50 bits per heavy atom. The molecule has 1 heterocycles. The third kappa shape index (κ3) is 2.01. The average molecular weight is 203 g/mol. The smallest absolute Gasteiger partial charge is 0.0637 e. The second-order valence-corrected chi connectivity index (χ2v) is 2.79. The topological polar surface area (TPSA) is 61.7 Å². The number of nitrogens with zero attached hydrogens (tertiary/aromatic N) is 4. The first kappa shape index (κ1) is 9.13. The van der Waals surface area contributed by atoms with E-state index in [-0.39, 0.29) is 6.54 Å². The predicted octanol–water partition coefficient (Wildman–Crippen LogP) is 3.20. The van der Waals surface area contributed by atoms with Crippen molar-refractivity contribution >= 4 is 23.2 Å². The number of hydrogen-bond donors (Lipinski definition) is 0. The quantitative estimate of drug-likeness (QED) is 0.413. The van der Waals surface area contributed by atoms with E-state index in [4.69, 9.17) is 28.7 Å². The highest BCUT2D eigenvalue weighted by atomic mass is 35.5. The van der Waals surface area contributed by atoms with Gasteiger partial charge in [-0.05, 0) is 11.1 Å². The Morgan fingerprint density at radius 1 is 1.42 bits per heavy atom. The van der Waals surface area contributed by atoms with Gasteiger partial charge in [-0.2, -0.15) is 0 Å². The van der Waals surface area contributed by atoms with Gasteiger partial charge in [0.2, 0.25) is 0 Å². The van der Waals surface area contributed by atoms with Crippen LogP contribution < -0.4 is 0 Å². The Kier molecular flexibility index (Phi) is 3.17. The van der Waals surface area contributed by atoms with Crippen LogP contribution >= 0.6 is 23.2 Å². The Morgan fingerprint density at radius 2 is 2.00 bits per heavy atom. The van der Waals surface area contributed by atoms with Crippen molar-refractivity contribution in [3.63, 3.8) is 0 Å². The van der Waals surface area contributed by atoms with Gasteiger partial charge in [0.15, 0.2) is 0 Å². The number of pyridine rings is 1. The molecule has 1 aromatic rings. The molecule has 0 atom stereocenters. The lowest BCUT2D eigenvalue weighted by atomic mass is 10.3. The summed E-state index contributed by atoms with van der Waals surface area (Å²) in [6.45, 7) is 0.149. The zero-order valence-corrected chi connectivity index (χ0v) is 7.42. The molecule has 1 aromatic heterocycles. The van der Waals surface area contributed by atoms with E-state index in [1.165, 1.54) is 12.4 Å². The standard InChI is InChI=1S/C6H4Cl2N4/c7-5-2-10-3-6(8)4(5)1-11-12-9/h2-3H,1H2. The lowest BCUT2D eigenvalue weighted by Gasteiger charge is -2.00. The Balaban J connectivity index is 3.03. The van der Waals surface area contributed by atoms with Gasteiger partial charge in [-0.25, -0.2) is 0 Å². The largest absolute Gasteiger partial charge is 0.262 e. The van der Waals surface area contributed by atoms with E-state index < -0.39 is 0 Å². The van der Waals surface area contributed by atoms with E-state index in [0.717, 1.165) is 0 Å². The maximum Gasteiger partial charge on any atom is 0.0637 e. The highest BCUT2D eigenvalue weighted by Gasteiger charge is 2.03. The summed E-state index contributed by atoms with van der Waals surface area (Å²) in [6, 6.07) is 0. The summed E-state index contributed by atoms with van der Waals surface area (Å²) in [5.41, 5.74) is 8.67. The minimum atomic E-state index is 0.149. The minimum absolute atomic E-state index is 0.149. The average Bonchev–Trinajstić information content (AvgIpc) is 2.04. The molecule has 0 saturated heterocycles. The third-order valence-corrected chi connectivity index (χ3v) is 1.90. The van der Waals surface area contributed by atoms with E-state index in [1.54, 1.807) is 0 Å². The summed E-state index contributed by atoms with van der Waals surface area (Å²) >= 11 is 11.5. The molecular weight excluding hydrogens is 199 g/mol. The molecule has 0 radical (unpaired) electrons. The summed E-state index contributed by atoms with van der Waals surface area (Å²) in [5.74, 6) is 0. The van der Waals surface area contributed by atoms with Crippen LogP contribution in [0.25, 0.3) is 10.4 Å². The molecule has 62 valence electrons. The molecule has 0 amide bonds. The van der Waals surface area contributed by atoms with E-state index in [0.29, 0.717) is 15.6 Å². The van der Waals surface area contributed by atoms with Crippen LogP contribution in [0.2, 0.25) is 10.0 Å². The molecule has 0 spiro atoms. The maximum absolute atomic E-state index is 8.07. The molecular formula is C6H4Cl2N4. The van der Waals surface area contributed by atoms with Crippen molar-refractivity contribution in [2.75, 3.05) is 0 Å². The van der Waals surface area contributed by atoms with Crippen LogP contribution in [0.4, 0.5) is 0 Å². The second kappa shape index (κ2) is 4.16. The molecule has 1 rings (SSSR count). The van der Waals surface area contributed by atoms with Gasteiger partial charge in [0.05, 0.1) is 16.6 Å². The maximum atomic E-state index is 8.07. The van der Waals surface area contributed by atoms with Crippen molar-refractivity contribution < 1.29 is 0 Å². The zero-order chi connectivity index (χ0) is 8.97. The molecule has 4 nitrogen and oxygen atoms in total. The molecule has 0 aliphatic heterocycles. The highest BCUT2D eigenvalue weighted by molar-refractivity contribution is 6.35. The lowest BCUT2D eigenvalue weighted by Crippen LogP contribution is -1.85. The van der Waals surface area contributed by atoms with Crippen molar-refractivity contribution in [3.05, 3.63) is 38.4 Å². The summed E-state index contributed by atoms with van der Waals surface area (Å²) in [7, 11) is 0. The number of azide groups is 1. The highest BCUT2D eigenvalue weighted by Crippen LogP contribution is 2.23. The fourth-order valence-corrected chi connectivity index (χ4v) is 1.18. The molecule has 12 heavy (non-hydrogen) atoms. The van der Waals surface area contributed by atoms with Crippen LogP contribution in [0.1, 0.15) is 5.56 Å². The van der Waals surface area contributed by atoms with Crippen LogP contribution in [0, 0.1) is 0 Å². The van der Waals surface area contributed by atoms with Gasteiger partial charge in [0.1, 0.15) is 0 Å². The third-order valence-electron chi connectivity index (χ3n) is 1.24. The van der Waals surface area contributed by atoms with E-state index in [9.17, 15) is 0 Å². The van der Waals surface area contributed by atoms with Gasteiger partial charge in [0.25, 0.3) is 0 Å². The number of rotatable bonds is 2. The first-order valence-electron chi connectivity index (χ1n) is 3.04. The van der Waals surface area contributed by atoms with Gasteiger partial charge in [0, 0.05) is 17.3 Å². The molecule has 0 aromatic carbocycles. The van der Waals surface area contributed by atoms with Gasteiger partial charge in [-0.15, -0.1) is 0 Å². The summed E-state index contributed by atoms with van der Waals surface area (Å²) < 4.78 is 0. The summed E-state index contributed by atoms with van der Waals surface area (Å²) in [5, 5.41) is 4.17. The number of halogens is 2. The van der Waals surface area contributed by atoms with E-state index >= 15 is 0 Å². The van der Waals surface area contributed by atoms with Crippen LogP contribution in [-0.4, -0.2) is 4.98 Å². The molecule has 0 aliphatic carbocycles. The number of aromatic nitrogens is 1. The normalized spacial score (nSPS) is 9.17. The van der Waals surface area contributed by atoms with E-state index in [1.807, 2.05) is 0 Å². The lowest BCUT2D eigenvalue weighted by molar-refractivity contribution is 1.04. The van der Waals surface area contributed by atoms with Crippen LogP contribution in [0.5, 0.6) is 0 Å². The summed E-state index contributed by atoms with van der Waals surface area (Å²) in [6.07, 6.45) is 2.91. The van der Waals surface area contributed by atoms with Crippen LogP contribution in [0.3, 0.4) is 0 Å².